The number of furan rings is 1. The van der Waals surface area contributed by atoms with Gasteiger partial charge in [-0.05, 0) is 30.3 Å². The van der Waals surface area contributed by atoms with E-state index in [0.717, 1.165) is 0 Å². The molecule has 0 unspecified atom stereocenters. The van der Waals surface area contributed by atoms with Crippen LogP contribution in [0.4, 0.5) is 11.4 Å². The van der Waals surface area contributed by atoms with Crippen molar-refractivity contribution in [1.29, 1.82) is 0 Å². The van der Waals surface area contributed by atoms with Gasteiger partial charge in [0, 0.05) is 5.56 Å². The molecule has 0 fully saturated rings. The maximum Gasteiger partial charge on any atom is 0.291 e. The predicted octanol–water partition coefficient (Wildman–Crippen LogP) is 2.15. The predicted molar refractivity (Wildman–Crippen MR) is 91.8 cm³/mol. The molecular weight excluding hydrogens is 336 g/mol. The Morgan fingerprint density at radius 3 is 1.92 bits per heavy atom. The van der Waals surface area contributed by atoms with Crippen LogP contribution in [-0.4, -0.2) is 17.8 Å². The molecule has 3 rings (SSSR count). The summed E-state index contributed by atoms with van der Waals surface area (Å²) >= 11 is 0. The molecule has 0 spiro atoms. The number of rotatable bonds is 5. The van der Waals surface area contributed by atoms with Gasteiger partial charge in [0.25, 0.3) is 11.8 Å². The minimum atomic E-state index is -1.40. The molecule has 0 bridgehead atoms. The number of para-hydroxylation sites is 2. The molecule has 2 amide bonds. The molecule has 0 atom stereocenters. The molecule has 7 heteroatoms. The van der Waals surface area contributed by atoms with Gasteiger partial charge in [0.1, 0.15) is 0 Å². The summed E-state index contributed by atoms with van der Waals surface area (Å²) < 4.78 is 5.02. The van der Waals surface area contributed by atoms with E-state index in [9.17, 15) is 19.5 Å². The van der Waals surface area contributed by atoms with Gasteiger partial charge in [-0.2, -0.15) is 0 Å². The topological polar surface area (TPSA) is 111 Å². The van der Waals surface area contributed by atoms with Gasteiger partial charge in [-0.15, -0.1) is 0 Å². The summed E-state index contributed by atoms with van der Waals surface area (Å²) in [5, 5.41) is 16.3. The number of hydrogen-bond donors (Lipinski definition) is 2. The largest absolute Gasteiger partial charge is 0.545 e. The third-order valence-corrected chi connectivity index (χ3v) is 3.56. The van der Waals surface area contributed by atoms with Gasteiger partial charge >= 0.3 is 0 Å². The molecule has 7 nitrogen and oxygen atoms in total. The number of carboxylic acid groups (broad SMARTS) is 1. The summed E-state index contributed by atoms with van der Waals surface area (Å²) in [6.07, 6.45) is 1.37. The monoisotopic (exact) mass is 349 g/mol. The fourth-order valence-electron chi connectivity index (χ4n) is 2.34. The van der Waals surface area contributed by atoms with Crippen LogP contribution in [0, 0.1) is 0 Å². The average Bonchev–Trinajstić information content (AvgIpc) is 3.17. The van der Waals surface area contributed by atoms with Crippen molar-refractivity contribution in [2.75, 3.05) is 10.6 Å². The van der Waals surface area contributed by atoms with Crippen LogP contribution in [0.2, 0.25) is 0 Å². The van der Waals surface area contributed by atoms with Crippen molar-refractivity contribution in [2.45, 2.75) is 0 Å². The first-order valence-corrected chi connectivity index (χ1v) is 7.62. The van der Waals surface area contributed by atoms with Gasteiger partial charge in [0.05, 0.1) is 29.2 Å². The van der Waals surface area contributed by atoms with Crippen molar-refractivity contribution in [1.82, 2.24) is 0 Å². The number of carboxylic acids is 1. The van der Waals surface area contributed by atoms with E-state index in [1.807, 2.05) is 0 Å². The first kappa shape index (κ1) is 17.0. The standard InChI is InChI=1S/C19H14N2O5/c22-17(20-15-9-4-2-7-13(15)19(24)25)12-6-1-3-8-14(12)21-18(23)16-10-5-11-26-16/h1-11H,(H,20,22)(H,21,23)(H,24,25)/p-1. The van der Waals surface area contributed by atoms with E-state index in [1.54, 1.807) is 30.3 Å². The zero-order valence-electron chi connectivity index (χ0n) is 13.4. The molecule has 1 aromatic heterocycles. The Bertz CT molecular complexity index is 964. The number of anilines is 2. The summed E-state index contributed by atoms with van der Waals surface area (Å²) in [4.78, 5) is 35.9. The zero-order chi connectivity index (χ0) is 18.5. The Morgan fingerprint density at radius 2 is 1.31 bits per heavy atom. The lowest BCUT2D eigenvalue weighted by atomic mass is 10.1. The van der Waals surface area contributed by atoms with Gasteiger partial charge < -0.3 is 25.0 Å². The normalized spacial score (nSPS) is 10.2. The van der Waals surface area contributed by atoms with E-state index in [0.29, 0.717) is 0 Å². The van der Waals surface area contributed by atoms with E-state index in [4.69, 9.17) is 4.42 Å². The molecule has 2 N–H and O–H groups in total. The Morgan fingerprint density at radius 1 is 0.731 bits per heavy atom. The number of amides is 2. The van der Waals surface area contributed by atoms with Crippen molar-refractivity contribution >= 4 is 29.2 Å². The maximum atomic E-state index is 12.6. The molecule has 3 aromatic rings. The van der Waals surface area contributed by atoms with Gasteiger partial charge in [-0.1, -0.05) is 30.3 Å². The smallest absolute Gasteiger partial charge is 0.291 e. The van der Waals surface area contributed by atoms with Crippen LogP contribution in [0.5, 0.6) is 0 Å². The average molecular weight is 349 g/mol. The molecule has 0 aliphatic heterocycles. The van der Waals surface area contributed by atoms with Gasteiger partial charge in [-0.3, -0.25) is 9.59 Å². The molecule has 0 radical (unpaired) electrons. The lowest BCUT2D eigenvalue weighted by Gasteiger charge is -2.14. The molecule has 2 aromatic carbocycles. The maximum absolute atomic E-state index is 12.6. The quantitative estimate of drug-likeness (QED) is 0.733. The van der Waals surface area contributed by atoms with E-state index < -0.39 is 17.8 Å². The molecule has 0 aliphatic rings. The van der Waals surface area contributed by atoms with E-state index in [-0.39, 0.29) is 28.3 Å². The second kappa shape index (κ2) is 7.35. The molecular formula is C19H13N2O5-. The number of aromatic carboxylic acids is 1. The van der Waals surface area contributed by atoms with Crippen LogP contribution in [0.15, 0.2) is 71.3 Å². The van der Waals surface area contributed by atoms with Crippen molar-refractivity contribution < 1.29 is 23.9 Å². The lowest BCUT2D eigenvalue weighted by molar-refractivity contribution is -0.254. The number of hydrogen-bond acceptors (Lipinski definition) is 5. The van der Waals surface area contributed by atoms with Crippen LogP contribution in [0.1, 0.15) is 31.3 Å². The number of carbonyl (C=O) groups is 3. The Labute approximate surface area is 148 Å². The Balaban J connectivity index is 1.85. The van der Waals surface area contributed by atoms with Crippen LogP contribution in [-0.2, 0) is 0 Å². The number of nitrogens with one attached hydrogen (secondary N) is 2. The second-order valence-corrected chi connectivity index (χ2v) is 5.26. The molecule has 130 valence electrons. The van der Waals surface area contributed by atoms with Gasteiger partial charge in [-0.25, -0.2) is 0 Å². The molecule has 0 saturated carbocycles. The second-order valence-electron chi connectivity index (χ2n) is 5.26. The Kier molecular flexibility index (Phi) is 4.80. The molecule has 26 heavy (non-hydrogen) atoms. The Hall–Kier alpha value is -3.87. The lowest BCUT2D eigenvalue weighted by Crippen LogP contribution is -2.25. The van der Waals surface area contributed by atoms with Crippen molar-refractivity contribution in [2.24, 2.45) is 0 Å². The molecule has 0 saturated heterocycles. The summed E-state index contributed by atoms with van der Waals surface area (Å²) in [7, 11) is 0. The third kappa shape index (κ3) is 3.62. The molecule has 0 aliphatic carbocycles. The number of benzene rings is 2. The van der Waals surface area contributed by atoms with Gasteiger partial charge in [0.2, 0.25) is 0 Å². The van der Waals surface area contributed by atoms with Crippen LogP contribution in [0.3, 0.4) is 0 Å². The summed E-state index contributed by atoms with van der Waals surface area (Å²) in [6, 6.07) is 15.3. The SMILES string of the molecule is O=C(Nc1ccccc1C(=O)Nc1ccccc1C(=O)[O-])c1ccco1. The zero-order valence-corrected chi connectivity index (χ0v) is 13.4. The minimum absolute atomic E-state index is 0.0995. The highest BCUT2D eigenvalue weighted by Gasteiger charge is 2.16. The van der Waals surface area contributed by atoms with Crippen LogP contribution >= 0.6 is 0 Å². The van der Waals surface area contributed by atoms with E-state index in [1.165, 1.54) is 36.6 Å². The highest BCUT2D eigenvalue weighted by Crippen LogP contribution is 2.20. The fourth-order valence-corrected chi connectivity index (χ4v) is 2.34. The van der Waals surface area contributed by atoms with Crippen molar-refractivity contribution in [3.8, 4) is 0 Å². The first-order valence-electron chi connectivity index (χ1n) is 7.62. The van der Waals surface area contributed by atoms with Crippen LogP contribution in [0.25, 0.3) is 0 Å². The van der Waals surface area contributed by atoms with Crippen molar-refractivity contribution in [3.05, 3.63) is 83.8 Å². The fraction of sp³-hybridized carbons (Fsp3) is 0. The third-order valence-electron chi connectivity index (χ3n) is 3.56. The number of carbonyl (C=O) groups excluding carboxylic acids is 3. The highest BCUT2D eigenvalue weighted by atomic mass is 16.4. The highest BCUT2D eigenvalue weighted by molar-refractivity contribution is 6.13. The van der Waals surface area contributed by atoms with E-state index >= 15 is 0 Å². The first-order chi connectivity index (χ1) is 12.6. The van der Waals surface area contributed by atoms with E-state index in [2.05, 4.69) is 10.6 Å². The summed E-state index contributed by atoms with van der Waals surface area (Å²) in [6.45, 7) is 0. The minimum Gasteiger partial charge on any atom is -0.545 e. The summed E-state index contributed by atoms with van der Waals surface area (Å²) in [5.74, 6) is -2.39. The van der Waals surface area contributed by atoms with Gasteiger partial charge in [0.15, 0.2) is 5.76 Å². The summed E-state index contributed by atoms with van der Waals surface area (Å²) in [5.41, 5.74) is 0.389. The molecule has 1 heterocycles. The van der Waals surface area contributed by atoms with Crippen LogP contribution < -0.4 is 15.7 Å². The van der Waals surface area contributed by atoms with Crippen molar-refractivity contribution in [3.63, 3.8) is 0 Å².